The number of hydrogen-bond acceptors (Lipinski definition) is 5. The third-order valence-corrected chi connectivity index (χ3v) is 4.19. The molecule has 0 bridgehead atoms. The van der Waals surface area contributed by atoms with Crippen molar-refractivity contribution in [3.8, 4) is 0 Å². The monoisotopic (exact) mass is 346 g/mol. The van der Waals surface area contributed by atoms with Crippen molar-refractivity contribution in [3.63, 3.8) is 0 Å². The van der Waals surface area contributed by atoms with E-state index in [-0.39, 0.29) is 0 Å². The Bertz CT molecular complexity index is 665. The van der Waals surface area contributed by atoms with Crippen LogP contribution in [0.1, 0.15) is 23.2 Å². The number of nitrogens with one attached hydrogen (secondary N) is 2. The molecule has 130 valence electrons. The van der Waals surface area contributed by atoms with Gasteiger partial charge in [0.2, 0.25) is 0 Å². The van der Waals surface area contributed by atoms with Gasteiger partial charge in [-0.1, -0.05) is 0 Å². The lowest BCUT2D eigenvalue weighted by atomic mass is 10.2. The molecular formula is C17H26N6S. The lowest BCUT2D eigenvalue weighted by molar-refractivity contribution is 0.790. The molecule has 0 amide bonds. The second kappa shape index (κ2) is 9.22. The quantitative estimate of drug-likeness (QED) is 0.594. The van der Waals surface area contributed by atoms with Crippen molar-refractivity contribution >= 4 is 23.1 Å². The Morgan fingerprint density at radius 2 is 2.17 bits per heavy atom. The summed E-state index contributed by atoms with van der Waals surface area (Å²) in [6.07, 6.45) is 2.72. The maximum Gasteiger partial charge on any atom is 0.191 e. The Hall–Kier alpha value is -2.15. The number of rotatable bonds is 7. The number of aryl methyl sites for hydroxylation is 1. The number of anilines is 1. The van der Waals surface area contributed by atoms with E-state index in [1.807, 2.05) is 38.2 Å². The molecule has 0 fully saturated rings. The first-order valence-corrected chi connectivity index (χ1v) is 9.02. The fourth-order valence-electron chi connectivity index (χ4n) is 2.15. The van der Waals surface area contributed by atoms with Crippen LogP contribution in [-0.2, 0) is 13.0 Å². The Morgan fingerprint density at radius 1 is 1.33 bits per heavy atom. The molecule has 0 unspecified atom stereocenters. The van der Waals surface area contributed by atoms with Gasteiger partial charge in [-0.15, -0.1) is 11.3 Å². The topological polar surface area (TPSA) is 65.4 Å². The summed E-state index contributed by atoms with van der Waals surface area (Å²) in [7, 11) is 3.97. The zero-order valence-electron chi connectivity index (χ0n) is 14.8. The standard InChI is InChI=1S/C17H26N6S/c1-5-18-17(20-9-7-15-12-24-13(2)22-15)21-11-14-6-8-19-16(10-14)23(3)4/h6,8,10,12H,5,7,9,11H2,1-4H3,(H2,18,20,21). The average molecular weight is 347 g/mol. The predicted octanol–water partition coefficient (Wildman–Crippen LogP) is 2.21. The summed E-state index contributed by atoms with van der Waals surface area (Å²) < 4.78 is 0. The summed E-state index contributed by atoms with van der Waals surface area (Å²) in [5, 5.41) is 9.86. The lowest BCUT2D eigenvalue weighted by Crippen LogP contribution is -2.38. The normalized spacial score (nSPS) is 11.4. The van der Waals surface area contributed by atoms with Gasteiger partial charge in [0.05, 0.1) is 17.2 Å². The highest BCUT2D eigenvalue weighted by Gasteiger charge is 2.02. The molecule has 2 N–H and O–H groups in total. The van der Waals surface area contributed by atoms with Crippen molar-refractivity contribution < 1.29 is 0 Å². The first-order valence-electron chi connectivity index (χ1n) is 8.14. The highest BCUT2D eigenvalue weighted by Crippen LogP contribution is 2.10. The minimum atomic E-state index is 0.620. The zero-order valence-corrected chi connectivity index (χ0v) is 15.7. The van der Waals surface area contributed by atoms with Crippen LogP contribution in [-0.4, -0.2) is 43.1 Å². The molecule has 2 rings (SSSR count). The molecule has 0 saturated carbocycles. The molecule has 24 heavy (non-hydrogen) atoms. The van der Waals surface area contributed by atoms with Crippen LogP contribution >= 0.6 is 11.3 Å². The Kier molecular flexibility index (Phi) is 6.99. The summed E-state index contributed by atoms with van der Waals surface area (Å²) in [5.41, 5.74) is 2.27. The van der Waals surface area contributed by atoms with E-state index in [1.165, 1.54) is 0 Å². The number of guanidine groups is 1. The molecule has 2 heterocycles. The lowest BCUT2D eigenvalue weighted by Gasteiger charge is -2.13. The smallest absolute Gasteiger partial charge is 0.191 e. The molecule has 0 aromatic carbocycles. The molecule has 2 aromatic heterocycles. The van der Waals surface area contributed by atoms with Crippen molar-refractivity contribution in [2.45, 2.75) is 26.8 Å². The Morgan fingerprint density at radius 3 is 2.83 bits per heavy atom. The van der Waals surface area contributed by atoms with Gasteiger partial charge >= 0.3 is 0 Å². The minimum Gasteiger partial charge on any atom is -0.363 e. The SMILES string of the molecule is CCNC(=NCc1ccnc(N(C)C)c1)NCCc1csc(C)n1. The molecular weight excluding hydrogens is 320 g/mol. The van der Waals surface area contributed by atoms with Gasteiger partial charge in [0.1, 0.15) is 5.82 Å². The first-order chi connectivity index (χ1) is 11.6. The number of hydrogen-bond donors (Lipinski definition) is 2. The van der Waals surface area contributed by atoms with Gasteiger partial charge in [0, 0.05) is 45.2 Å². The van der Waals surface area contributed by atoms with E-state index >= 15 is 0 Å². The summed E-state index contributed by atoms with van der Waals surface area (Å²) in [6.45, 7) is 6.37. The fraction of sp³-hybridized carbons (Fsp3) is 0.471. The average Bonchev–Trinajstić information content (AvgIpc) is 2.98. The maximum absolute atomic E-state index is 4.65. The Balaban J connectivity index is 1.91. The van der Waals surface area contributed by atoms with Gasteiger partial charge in [-0.05, 0) is 31.5 Å². The molecule has 0 aliphatic carbocycles. The van der Waals surface area contributed by atoms with Gasteiger partial charge < -0.3 is 15.5 Å². The van der Waals surface area contributed by atoms with Gasteiger partial charge in [0.15, 0.2) is 5.96 Å². The van der Waals surface area contributed by atoms with E-state index in [0.717, 1.165) is 47.6 Å². The summed E-state index contributed by atoms with van der Waals surface area (Å²) in [6, 6.07) is 4.06. The molecule has 6 nitrogen and oxygen atoms in total. The van der Waals surface area contributed by atoms with Crippen LogP contribution in [0.4, 0.5) is 5.82 Å². The zero-order chi connectivity index (χ0) is 17.4. The summed E-state index contributed by atoms with van der Waals surface area (Å²) >= 11 is 1.69. The van der Waals surface area contributed by atoms with Crippen LogP contribution in [0.3, 0.4) is 0 Å². The van der Waals surface area contributed by atoms with Crippen LogP contribution in [0.25, 0.3) is 0 Å². The van der Waals surface area contributed by atoms with Gasteiger partial charge in [-0.25, -0.2) is 15.0 Å². The number of aromatic nitrogens is 2. The Labute approximate surface area is 148 Å². The maximum atomic E-state index is 4.65. The number of thiazole rings is 1. The van der Waals surface area contributed by atoms with E-state index in [2.05, 4.69) is 44.0 Å². The molecule has 0 atom stereocenters. The van der Waals surface area contributed by atoms with Crippen LogP contribution < -0.4 is 15.5 Å². The summed E-state index contributed by atoms with van der Waals surface area (Å²) in [5.74, 6) is 1.77. The number of pyridine rings is 1. The first kappa shape index (κ1) is 18.2. The predicted molar refractivity (Wildman–Crippen MR) is 102 cm³/mol. The molecule has 0 radical (unpaired) electrons. The minimum absolute atomic E-state index is 0.620. The summed E-state index contributed by atoms with van der Waals surface area (Å²) in [4.78, 5) is 15.5. The molecule has 0 aliphatic rings. The van der Waals surface area contributed by atoms with Gasteiger partial charge in [-0.2, -0.15) is 0 Å². The number of nitrogens with zero attached hydrogens (tertiary/aromatic N) is 4. The van der Waals surface area contributed by atoms with Crippen LogP contribution in [0.2, 0.25) is 0 Å². The molecule has 2 aromatic rings. The molecule has 0 aliphatic heterocycles. The second-order valence-corrected chi connectivity index (χ2v) is 6.71. The van der Waals surface area contributed by atoms with Gasteiger partial charge in [0.25, 0.3) is 0 Å². The highest BCUT2D eigenvalue weighted by atomic mass is 32.1. The molecule has 0 spiro atoms. The molecule has 7 heteroatoms. The number of aliphatic imine (C=N–C) groups is 1. The fourth-order valence-corrected chi connectivity index (χ4v) is 2.79. The van der Waals surface area contributed by atoms with E-state index < -0.39 is 0 Å². The van der Waals surface area contributed by atoms with Crippen molar-refractivity contribution in [2.75, 3.05) is 32.1 Å². The van der Waals surface area contributed by atoms with Crippen molar-refractivity contribution in [2.24, 2.45) is 4.99 Å². The molecule has 0 saturated heterocycles. The van der Waals surface area contributed by atoms with Crippen molar-refractivity contribution in [3.05, 3.63) is 40.0 Å². The third-order valence-electron chi connectivity index (χ3n) is 3.37. The second-order valence-electron chi connectivity index (χ2n) is 5.65. The van der Waals surface area contributed by atoms with Crippen molar-refractivity contribution in [1.29, 1.82) is 0 Å². The highest BCUT2D eigenvalue weighted by molar-refractivity contribution is 7.09. The van der Waals surface area contributed by atoms with E-state index in [1.54, 1.807) is 11.3 Å². The van der Waals surface area contributed by atoms with Gasteiger partial charge in [-0.3, -0.25) is 0 Å². The van der Waals surface area contributed by atoms with Crippen LogP contribution in [0.15, 0.2) is 28.7 Å². The van der Waals surface area contributed by atoms with Crippen molar-refractivity contribution in [1.82, 2.24) is 20.6 Å². The van der Waals surface area contributed by atoms with E-state index in [0.29, 0.717) is 6.54 Å². The third kappa shape index (κ3) is 5.81. The van der Waals surface area contributed by atoms with E-state index in [4.69, 9.17) is 0 Å². The van der Waals surface area contributed by atoms with E-state index in [9.17, 15) is 0 Å². The van der Waals surface area contributed by atoms with Crippen LogP contribution in [0, 0.1) is 6.92 Å². The largest absolute Gasteiger partial charge is 0.363 e. The van der Waals surface area contributed by atoms with Crippen LogP contribution in [0.5, 0.6) is 0 Å².